The number of rotatable bonds is 7. The number of nitrogens with one attached hydrogen (secondary N) is 1. The van der Waals surface area contributed by atoms with Gasteiger partial charge in [0.05, 0.1) is 17.2 Å². The number of amides is 1. The average Bonchev–Trinajstić information content (AvgIpc) is 2.39. The van der Waals surface area contributed by atoms with E-state index in [1.165, 1.54) is 0 Å². The number of hydrogen-bond donors (Lipinski definition) is 2. The molecule has 0 atom stereocenters. The van der Waals surface area contributed by atoms with E-state index in [2.05, 4.69) is 10.2 Å². The normalized spacial score (nSPS) is 10.7. The van der Waals surface area contributed by atoms with Crippen LogP contribution < -0.4 is 11.1 Å². The number of nitrogens with two attached hydrogens (primary N) is 1. The first-order chi connectivity index (χ1) is 9.04. The second-order valence-electron chi connectivity index (χ2n) is 4.29. The number of hydrogen-bond acceptors (Lipinski definition) is 4. The fourth-order valence-electron chi connectivity index (χ4n) is 1.53. The zero-order chi connectivity index (χ0) is 14.3. The van der Waals surface area contributed by atoms with E-state index in [1.54, 1.807) is 25.3 Å². The van der Waals surface area contributed by atoms with Crippen molar-refractivity contribution in [1.82, 2.24) is 10.2 Å². The second kappa shape index (κ2) is 7.99. The summed E-state index contributed by atoms with van der Waals surface area (Å²) in [6.07, 6.45) is 0. The lowest BCUT2D eigenvalue weighted by molar-refractivity contribution is 0.0947. The minimum absolute atomic E-state index is 0.211. The molecule has 106 valence electrons. The smallest absolute Gasteiger partial charge is 0.252 e. The van der Waals surface area contributed by atoms with Gasteiger partial charge in [0.2, 0.25) is 0 Å². The molecule has 1 amide bonds. The lowest BCUT2D eigenvalue weighted by Gasteiger charge is -2.16. The minimum Gasteiger partial charge on any atom is -0.399 e. The van der Waals surface area contributed by atoms with Crippen LogP contribution in [0.2, 0.25) is 5.02 Å². The number of halogens is 1. The van der Waals surface area contributed by atoms with Gasteiger partial charge >= 0.3 is 0 Å². The molecule has 0 saturated heterocycles. The summed E-state index contributed by atoms with van der Waals surface area (Å²) in [6, 6.07) is 4.86. The molecule has 0 fully saturated rings. The van der Waals surface area contributed by atoms with E-state index in [0.29, 0.717) is 29.4 Å². The summed E-state index contributed by atoms with van der Waals surface area (Å²) in [6.45, 7) is 2.79. The van der Waals surface area contributed by atoms with Crippen LogP contribution in [-0.2, 0) is 4.74 Å². The van der Waals surface area contributed by atoms with E-state index < -0.39 is 0 Å². The lowest BCUT2D eigenvalue weighted by atomic mass is 10.2. The Labute approximate surface area is 118 Å². The molecule has 3 N–H and O–H groups in total. The van der Waals surface area contributed by atoms with Crippen molar-refractivity contribution in [2.45, 2.75) is 0 Å². The maximum atomic E-state index is 11.9. The highest BCUT2D eigenvalue weighted by Crippen LogP contribution is 2.18. The van der Waals surface area contributed by atoms with Crippen molar-refractivity contribution in [3.8, 4) is 0 Å². The fourth-order valence-corrected chi connectivity index (χ4v) is 1.73. The van der Waals surface area contributed by atoms with E-state index in [-0.39, 0.29) is 5.91 Å². The number of nitrogen functional groups attached to an aromatic ring is 1. The largest absolute Gasteiger partial charge is 0.399 e. The van der Waals surface area contributed by atoms with E-state index >= 15 is 0 Å². The Balaban J connectivity index is 2.41. The van der Waals surface area contributed by atoms with Gasteiger partial charge in [0.25, 0.3) is 5.91 Å². The molecular weight excluding hydrogens is 266 g/mol. The zero-order valence-electron chi connectivity index (χ0n) is 11.3. The third kappa shape index (κ3) is 5.46. The standard InChI is InChI=1S/C13H20ClN3O2/c1-17(7-8-19-2)6-5-16-13(18)11-9-10(15)3-4-12(11)14/h3-4,9H,5-8,15H2,1-2H3,(H,16,18). The minimum atomic E-state index is -0.211. The first kappa shape index (κ1) is 15.8. The zero-order valence-corrected chi connectivity index (χ0v) is 12.0. The van der Waals surface area contributed by atoms with E-state index in [0.717, 1.165) is 13.1 Å². The molecule has 0 spiro atoms. The third-order valence-electron chi connectivity index (χ3n) is 2.69. The van der Waals surface area contributed by atoms with Crippen LogP contribution in [0, 0.1) is 0 Å². The van der Waals surface area contributed by atoms with Crippen molar-refractivity contribution >= 4 is 23.2 Å². The van der Waals surface area contributed by atoms with Gasteiger partial charge in [-0.1, -0.05) is 11.6 Å². The van der Waals surface area contributed by atoms with Crippen LogP contribution >= 0.6 is 11.6 Å². The monoisotopic (exact) mass is 285 g/mol. The molecule has 0 unspecified atom stereocenters. The molecule has 0 bridgehead atoms. The van der Waals surface area contributed by atoms with Crippen molar-refractivity contribution in [2.75, 3.05) is 46.1 Å². The SMILES string of the molecule is COCCN(C)CCNC(=O)c1cc(N)ccc1Cl. The Kier molecular flexibility index (Phi) is 6.62. The Bertz CT molecular complexity index is 426. The molecule has 6 heteroatoms. The maximum absolute atomic E-state index is 11.9. The van der Waals surface area contributed by atoms with Crippen molar-refractivity contribution in [2.24, 2.45) is 0 Å². The summed E-state index contributed by atoms with van der Waals surface area (Å²) in [4.78, 5) is 14.0. The number of carbonyl (C=O) groups excluding carboxylic acids is 1. The van der Waals surface area contributed by atoms with Gasteiger partial charge in [-0.25, -0.2) is 0 Å². The molecule has 0 saturated carbocycles. The number of nitrogens with zero attached hydrogens (tertiary/aromatic N) is 1. The summed E-state index contributed by atoms with van der Waals surface area (Å²) < 4.78 is 4.98. The number of benzene rings is 1. The lowest BCUT2D eigenvalue weighted by Crippen LogP contribution is -2.34. The van der Waals surface area contributed by atoms with Gasteiger partial charge in [-0.3, -0.25) is 4.79 Å². The predicted molar refractivity (Wildman–Crippen MR) is 77.6 cm³/mol. The highest BCUT2D eigenvalue weighted by molar-refractivity contribution is 6.34. The number of carbonyl (C=O) groups is 1. The van der Waals surface area contributed by atoms with Gasteiger partial charge in [0.1, 0.15) is 0 Å². The molecule has 0 heterocycles. The van der Waals surface area contributed by atoms with Crippen LogP contribution in [0.25, 0.3) is 0 Å². The summed E-state index contributed by atoms with van der Waals surface area (Å²) in [5.74, 6) is -0.211. The average molecular weight is 286 g/mol. The Hall–Kier alpha value is -1.30. The van der Waals surface area contributed by atoms with E-state index in [9.17, 15) is 4.79 Å². The molecule has 19 heavy (non-hydrogen) atoms. The Morgan fingerprint density at radius 1 is 1.47 bits per heavy atom. The highest BCUT2D eigenvalue weighted by atomic mass is 35.5. The molecule has 1 aromatic carbocycles. The first-order valence-electron chi connectivity index (χ1n) is 6.05. The summed E-state index contributed by atoms with van der Waals surface area (Å²) in [7, 11) is 3.64. The maximum Gasteiger partial charge on any atom is 0.252 e. The molecule has 1 aromatic rings. The predicted octanol–water partition coefficient (Wildman–Crippen LogP) is 1.23. The highest BCUT2D eigenvalue weighted by Gasteiger charge is 2.10. The number of likely N-dealkylation sites (N-methyl/N-ethyl adjacent to an activating group) is 1. The van der Waals surface area contributed by atoms with Crippen LogP contribution in [0.15, 0.2) is 18.2 Å². The molecule has 5 nitrogen and oxygen atoms in total. The molecule has 0 radical (unpaired) electrons. The summed E-state index contributed by atoms with van der Waals surface area (Å²) in [5.41, 5.74) is 6.56. The van der Waals surface area contributed by atoms with Crippen molar-refractivity contribution < 1.29 is 9.53 Å². The van der Waals surface area contributed by atoms with Gasteiger partial charge in [-0.15, -0.1) is 0 Å². The van der Waals surface area contributed by atoms with Crippen LogP contribution in [-0.4, -0.2) is 51.2 Å². The summed E-state index contributed by atoms with van der Waals surface area (Å²) >= 11 is 5.96. The van der Waals surface area contributed by atoms with E-state index in [4.69, 9.17) is 22.1 Å². The van der Waals surface area contributed by atoms with Gasteiger partial charge in [0, 0.05) is 32.4 Å². The van der Waals surface area contributed by atoms with Crippen molar-refractivity contribution in [1.29, 1.82) is 0 Å². The Morgan fingerprint density at radius 2 is 2.21 bits per heavy atom. The van der Waals surface area contributed by atoms with Crippen molar-refractivity contribution in [3.05, 3.63) is 28.8 Å². The molecule has 0 aliphatic carbocycles. The first-order valence-corrected chi connectivity index (χ1v) is 6.43. The molecule has 1 rings (SSSR count). The van der Waals surface area contributed by atoms with Crippen LogP contribution in [0.3, 0.4) is 0 Å². The molecule has 0 aliphatic heterocycles. The van der Waals surface area contributed by atoms with Crippen LogP contribution in [0.5, 0.6) is 0 Å². The molecule has 0 aromatic heterocycles. The van der Waals surface area contributed by atoms with Crippen molar-refractivity contribution in [3.63, 3.8) is 0 Å². The number of methoxy groups -OCH3 is 1. The Morgan fingerprint density at radius 3 is 2.89 bits per heavy atom. The van der Waals surface area contributed by atoms with Gasteiger partial charge in [-0.2, -0.15) is 0 Å². The molecular formula is C13H20ClN3O2. The van der Waals surface area contributed by atoms with Crippen LogP contribution in [0.1, 0.15) is 10.4 Å². The van der Waals surface area contributed by atoms with Crippen LogP contribution in [0.4, 0.5) is 5.69 Å². The summed E-state index contributed by atoms with van der Waals surface area (Å²) in [5, 5.41) is 3.22. The van der Waals surface area contributed by atoms with E-state index in [1.807, 2.05) is 7.05 Å². The third-order valence-corrected chi connectivity index (χ3v) is 3.02. The van der Waals surface area contributed by atoms with Gasteiger partial charge in [-0.05, 0) is 25.2 Å². The topological polar surface area (TPSA) is 67.6 Å². The number of ether oxygens (including phenoxy) is 1. The molecule has 0 aliphatic rings. The van der Waals surface area contributed by atoms with Gasteiger partial charge in [0.15, 0.2) is 0 Å². The quantitative estimate of drug-likeness (QED) is 0.740. The number of anilines is 1. The fraction of sp³-hybridized carbons (Fsp3) is 0.462. The second-order valence-corrected chi connectivity index (χ2v) is 4.70. The van der Waals surface area contributed by atoms with Gasteiger partial charge < -0.3 is 20.7 Å².